The molecule has 0 spiro atoms. The number of nitrogens with zero attached hydrogens (tertiary/aromatic N) is 1. The monoisotopic (exact) mass is 366 g/mol. The fourth-order valence-electron chi connectivity index (χ4n) is 3.07. The van der Waals surface area contributed by atoms with Gasteiger partial charge in [-0.05, 0) is 48.2 Å². The fourth-order valence-corrected chi connectivity index (χ4v) is 3.07. The van der Waals surface area contributed by atoms with Gasteiger partial charge in [0.25, 0.3) is 0 Å². The summed E-state index contributed by atoms with van der Waals surface area (Å²) in [5, 5.41) is 4.28. The van der Waals surface area contributed by atoms with E-state index in [1.807, 2.05) is 36.5 Å². The lowest BCUT2D eigenvalue weighted by molar-refractivity contribution is 0.414. The summed E-state index contributed by atoms with van der Waals surface area (Å²) in [7, 11) is 3.36. The molecule has 1 aromatic heterocycles. The third kappa shape index (κ3) is 4.73. The molecule has 142 valence electrons. The Morgan fingerprint density at radius 3 is 2.63 bits per heavy atom. The summed E-state index contributed by atoms with van der Waals surface area (Å²) in [5.74, 6) is 2.20. The topological polar surface area (TPSA) is 84.7 Å². The first kappa shape index (κ1) is 18.6. The number of ether oxygens (including phenoxy) is 2. The molecule has 0 aliphatic carbocycles. The number of aromatic amines is 1. The zero-order valence-electron chi connectivity index (χ0n) is 15.8. The van der Waals surface area contributed by atoms with Gasteiger partial charge < -0.3 is 25.5 Å². The average Bonchev–Trinajstić information content (AvgIpc) is 3.12. The second-order valence-electron chi connectivity index (χ2n) is 6.24. The molecule has 1 heterocycles. The number of nitrogens with two attached hydrogens (primary N) is 1. The molecule has 6 nitrogen and oxygen atoms in total. The molecule has 0 saturated carbocycles. The maximum atomic E-state index is 5.98. The van der Waals surface area contributed by atoms with Gasteiger partial charge in [0.1, 0.15) is 11.5 Å². The Kier molecular flexibility index (Phi) is 6.20. The second kappa shape index (κ2) is 8.98. The highest BCUT2D eigenvalue weighted by atomic mass is 16.5. The molecule has 3 aromatic rings. The molecule has 0 unspecified atom stereocenters. The molecule has 0 fully saturated rings. The van der Waals surface area contributed by atoms with Gasteiger partial charge in [-0.2, -0.15) is 0 Å². The Labute approximate surface area is 159 Å². The van der Waals surface area contributed by atoms with Crippen LogP contribution in [0.1, 0.15) is 11.1 Å². The largest absolute Gasteiger partial charge is 0.497 e. The summed E-state index contributed by atoms with van der Waals surface area (Å²) in [6, 6.07) is 14.0. The summed E-state index contributed by atoms with van der Waals surface area (Å²) in [6.07, 6.45) is 3.68. The minimum Gasteiger partial charge on any atom is -0.497 e. The number of aromatic nitrogens is 1. The maximum absolute atomic E-state index is 5.98. The standard InChI is InChI=1S/C21H26N4O2/c1-26-17-8-6-15(7-9-17)10-12-23-21(22)24-13-11-16-14-25-18-4-3-5-19(27-2)20(16)18/h3-9,14,25H,10-13H2,1-2H3,(H3,22,23,24). The highest BCUT2D eigenvalue weighted by molar-refractivity contribution is 5.89. The first-order chi connectivity index (χ1) is 13.2. The third-order valence-electron chi connectivity index (χ3n) is 4.51. The van der Waals surface area contributed by atoms with Crippen molar-refractivity contribution in [2.45, 2.75) is 12.8 Å². The number of nitrogens with one attached hydrogen (secondary N) is 2. The summed E-state index contributed by atoms with van der Waals surface area (Å²) in [6.45, 7) is 1.36. The number of benzene rings is 2. The van der Waals surface area contributed by atoms with Gasteiger partial charge in [0, 0.05) is 30.2 Å². The van der Waals surface area contributed by atoms with Crippen LogP contribution in [0.5, 0.6) is 11.5 Å². The van der Waals surface area contributed by atoms with E-state index in [0.717, 1.165) is 41.8 Å². The maximum Gasteiger partial charge on any atom is 0.188 e. The van der Waals surface area contributed by atoms with E-state index in [-0.39, 0.29) is 0 Å². The average molecular weight is 366 g/mol. The van der Waals surface area contributed by atoms with Crippen molar-refractivity contribution in [1.82, 2.24) is 10.3 Å². The van der Waals surface area contributed by atoms with Crippen LogP contribution in [-0.2, 0) is 12.8 Å². The van der Waals surface area contributed by atoms with Crippen LogP contribution >= 0.6 is 0 Å². The number of aliphatic imine (C=N–C) groups is 1. The molecule has 3 rings (SSSR count). The molecule has 6 heteroatoms. The van der Waals surface area contributed by atoms with E-state index >= 15 is 0 Å². The molecule has 0 aliphatic heterocycles. The number of methoxy groups -OCH3 is 2. The molecule has 0 aliphatic rings. The van der Waals surface area contributed by atoms with Crippen LogP contribution in [0.4, 0.5) is 0 Å². The summed E-state index contributed by atoms with van der Waals surface area (Å²) in [4.78, 5) is 7.71. The van der Waals surface area contributed by atoms with Gasteiger partial charge in [-0.1, -0.05) is 18.2 Å². The van der Waals surface area contributed by atoms with Crippen molar-refractivity contribution in [2.75, 3.05) is 27.3 Å². The van der Waals surface area contributed by atoms with Crippen LogP contribution in [0.15, 0.2) is 53.7 Å². The lowest BCUT2D eigenvalue weighted by Crippen LogP contribution is -2.33. The van der Waals surface area contributed by atoms with Crippen LogP contribution < -0.4 is 20.5 Å². The Morgan fingerprint density at radius 1 is 1.07 bits per heavy atom. The number of guanidine groups is 1. The predicted molar refractivity (Wildman–Crippen MR) is 110 cm³/mol. The highest BCUT2D eigenvalue weighted by Crippen LogP contribution is 2.28. The van der Waals surface area contributed by atoms with Gasteiger partial charge in [-0.25, -0.2) is 0 Å². The van der Waals surface area contributed by atoms with E-state index in [4.69, 9.17) is 15.2 Å². The summed E-state index contributed by atoms with van der Waals surface area (Å²) in [5.41, 5.74) is 9.45. The van der Waals surface area contributed by atoms with Gasteiger partial charge in [0.15, 0.2) is 5.96 Å². The lowest BCUT2D eigenvalue weighted by atomic mass is 10.1. The summed E-state index contributed by atoms with van der Waals surface area (Å²) < 4.78 is 10.6. The van der Waals surface area contributed by atoms with E-state index in [1.165, 1.54) is 11.1 Å². The van der Waals surface area contributed by atoms with Crippen molar-refractivity contribution in [3.63, 3.8) is 0 Å². The minimum absolute atomic E-state index is 0.468. The van der Waals surface area contributed by atoms with Gasteiger partial charge in [0.2, 0.25) is 0 Å². The molecule has 0 amide bonds. The molecule has 27 heavy (non-hydrogen) atoms. The van der Waals surface area contributed by atoms with E-state index in [1.54, 1.807) is 14.2 Å². The number of rotatable bonds is 8. The molecule has 0 radical (unpaired) electrons. The summed E-state index contributed by atoms with van der Waals surface area (Å²) >= 11 is 0. The number of hydrogen-bond acceptors (Lipinski definition) is 3. The van der Waals surface area contributed by atoms with Gasteiger partial charge in [0.05, 0.1) is 14.2 Å². The van der Waals surface area contributed by atoms with E-state index in [0.29, 0.717) is 12.5 Å². The first-order valence-electron chi connectivity index (χ1n) is 9.01. The molecule has 4 N–H and O–H groups in total. The minimum atomic E-state index is 0.468. The smallest absolute Gasteiger partial charge is 0.188 e. The van der Waals surface area contributed by atoms with Gasteiger partial charge >= 0.3 is 0 Å². The Balaban J connectivity index is 1.49. The third-order valence-corrected chi connectivity index (χ3v) is 4.51. The first-order valence-corrected chi connectivity index (χ1v) is 9.01. The van der Waals surface area contributed by atoms with Crippen LogP contribution in [0.2, 0.25) is 0 Å². The van der Waals surface area contributed by atoms with Crippen molar-refractivity contribution in [3.05, 3.63) is 59.8 Å². The number of hydrogen-bond donors (Lipinski definition) is 3. The van der Waals surface area contributed by atoms with Gasteiger partial charge in [-0.3, -0.25) is 4.99 Å². The molecule has 0 saturated heterocycles. The Morgan fingerprint density at radius 2 is 1.89 bits per heavy atom. The number of fused-ring (bicyclic) bond motifs is 1. The fraction of sp³-hybridized carbons (Fsp3) is 0.286. The van der Waals surface area contributed by atoms with Crippen molar-refractivity contribution < 1.29 is 9.47 Å². The Hall–Kier alpha value is -3.15. The van der Waals surface area contributed by atoms with Crippen molar-refractivity contribution in [3.8, 4) is 11.5 Å². The van der Waals surface area contributed by atoms with E-state index in [9.17, 15) is 0 Å². The molecular formula is C21H26N4O2. The molecule has 0 atom stereocenters. The van der Waals surface area contributed by atoms with Crippen LogP contribution in [-0.4, -0.2) is 38.3 Å². The number of H-pyrrole nitrogens is 1. The zero-order chi connectivity index (χ0) is 19.1. The van der Waals surface area contributed by atoms with E-state index in [2.05, 4.69) is 27.4 Å². The molecular weight excluding hydrogens is 340 g/mol. The predicted octanol–water partition coefficient (Wildman–Crippen LogP) is 2.87. The SMILES string of the molecule is COc1ccc(CCNC(N)=NCCc2c[nH]c3cccc(OC)c23)cc1. The van der Waals surface area contributed by atoms with Crippen LogP contribution in [0.3, 0.4) is 0 Å². The quantitative estimate of drug-likeness (QED) is 0.423. The van der Waals surface area contributed by atoms with Crippen molar-refractivity contribution in [1.29, 1.82) is 0 Å². The Bertz CT molecular complexity index is 900. The molecule has 0 bridgehead atoms. The highest BCUT2D eigenvalue weighted by Gasteiger charge is 2.08. The lowest BCUT2D eigenvalue weighted by Gasteiger charge is -2.07. The van der Waals surface area contributed by atoms with Gasteiger partial charge in [-0.15, -0.1) is 0 Å². The van der Waals surface area contributed by atoms with Crippen LogP contribution in [0.25, 0.3) is 10.9 Å². The van der Waals surface area contributed by atoms with Crippen molar-refractivity contribution in [2.24, 2.45) is 10.7 Å². The second-order valence-corrected chi connectivity index (χ2v) is 6.24. The van der Waals surface area contributed by atoms with Crippen LogP contribution in [0, 0.1) is 0 Å². The molecule has 2 aromatic carbocycles. The zero-order valence-corrected chi connectivity index (χ0v) is 15.8. The normalized spacial score (nSPS) is 11.6. The van der Waals surface area contributed by atoms with Crippen molar-refractivity contribution >= 4 is 16.9 Å². The van der Waals surface area contributed by atoms with E-state index < -0.39 is 0 Å².